The first-order valence-electron chi connectivity index (χ1n) is 5.89. The Bertz CT molecular complexity index is 535. The second-order valence-electron chi connectivity index (χ2n) is 4.67. The van der Waals surface area contributed by atoms with Crippen LogP contribution >= 0.6 is 23.2 Å². The van der Waals surface area contributed by atoms with E-state index in [0.29, 0.717) is 0 Å². The zero-order valence-corrected chi connectivity index (χ0v) is 12.4. The molecule has 1 unspecified atom stereocenters. The highest BCUT2D eigenvalue weighted by molar-refractivity contribution is 6.36. The van der Waals surface area contributed by atoms with E-state index in [-0.39, 0.29) is 27.9 Å². The minimum atomic E-state index is -1.03. The van der Waals surface area contributed by atoms with Crippen molar-refractivity contribution in [1.29, 1.82) is 0 Å². The normalized spacial score (nSPS) is 12.3. The molecule has 0 spiro atoms. The van der Waals surface area contributed by atoms with Gasteiger partial charge in [-0.1, -0.05) is 37.0 Å². The zero-order valence-electron chi connectivity index (χ0n) is 10.9. The highest BCUT2D eigenvalue weighted by atomic mass is 35.5. The topological polar surface area (TPSA) is 66.4 Å². The van der Waals surface area contributed by atoms with Gasteiger partial charge in [0.25, 0.3) is 5.91 Å². The Morgan fingerprint density at radius 3 is 2.40 bits per heavy atom. The second-order valence-corrected chi connectivity index (χ2v) is 5.48. The quantitative estimate of drug-likeness (QED) is 0.817. The van der Waals surface area contributed by atoms with Crippen LogP contribution in [0, 0.1) is 11.7 Å². The van der Waals surface area contributed by atoms with Gasteiger partial charge in [-0.2, -0.15) is 0 Å². The Morgan fingerprint density at radius 1 is 1.30 bits per heavy atom. The summed E-state index contributed by atoms with van der Waals surface area (Å²) >= 11 is 11.4. The molecule has 2 N–H and O–H groups in total. The van der Waals surface area contributed by atoms with Crippen LogP contribution in [0.1, 0.15) is 30.6 Å². The van der Waals surface area contributed by atoms with Crippen molar-refractivity contribution >= 4 is 35.1 Å². The van der Waals surface area contributed by atoms with E-state index in [1.54, 1.807) is 13.8 Å². The van der Waals surface area contributed by atoms with Gasteiger partial charge in [0.15, 0.2) is 0 Å². The Balaban J connectivity index is 2.94. The van der Waals surface area contributed by atoms with Gasteiger partial charge in [-0.3, -0.25) is 9.59 Å². The number of hydrogen-bond acceptors (Lipinski definition) is 2. The molecule has 1 atom stereocenters. The number of carboxylic acids is 1. The van der Waals surface area contributed by atoms with E-state index in [9.17, 15) is 14.0 Å². The van der Waals surface area contributed by atoms with Gasteiger partial charge < -0.3 is 10.4 Å². The Kier molecular flexibility index (Phi) is 5.77. The monoisotopic (exact) mass is 321 g/mol. The number of aliphatic carboxylic acids is 1. The summed E-state index contributed by atoms with van der Waals surface area (Å²) < 4.78 is 13.4. The lowest BCUT2D eigenvalue weighted by atomic mass is 10.0. The van der Waals surface area contributed by atoms with Crippen LogP contribution in [0.5, 0.6) is 0 Å². The number of benzene rings is 1. The molecule has 0 radical (unpaired) electrons. The Labute approximate surface area is 125 Å². The van der Waals surface area contributed by atoms with E-state index in [1.165, 1.54) is 0 Å². The summed E-state index contributed by atoms with van der Waals surface area (Å²) in [4.78, 5) is 22.8. The average molecular weight is 322 g/mol. The van der Waals surface area contributed by atoms with Crippen LogP contribution < -0.4 is 5.32 Å². The number of nitrogens with one attached hydrogen (secondary N) is 1. The molecular formula is C13H14Cl2FNO3. The molecule has 1 aromatic carbocycles. The molecule has 0 saturated heterocycles. The highest BCUT2D eigenvalue weighted by Gasteiger charge is 2.22. The number of carboxylic acid groups (broad SMARTS) is 1. The number of hydrogen-bond donors (Lipinski definition) is 2. The van der Waals surface area contributed by atoms with Crippen molar-refractivity contribution in [2.75, 3.05) is 0 Å². The minimum Gasteiger partial charge on any atom is -0.481 e. The third-order valence-corrected chi connectivity index (χ3v) is 3.37. The van der Waals surface area contributed by atoms with E-state index >= 15 is 0 Å². The van der Waals surface area contributed by atoms with Crippen molar-refractivity contribution < 1.29 is 19.1 Å². The van der Waals surface area contributed by atoms with E-state index in [0.717, 1.165) is 12.1 Å². The van der Waals surface area contributed by atoms with Crippen molar-refractivity contribution in [3.8, 4) is 0 Å². The van der Waals surface area contributed by atoms with Crippen LogP contribution in [0.3, 0.4) is 0 Å². The molecule has 0 aliphatic heterocycles. The lowest BCUT2D eigenvalue weighted by Crippen LogP contribution is -2.40. The third-order valence-electron chi connectivity index (χ3n) is 2.77. The van der Waals surface area contributed by atoms with Gasteiger partial charge in [-0.25, -0.2) is 4.39 Å². The van der Waals surface area contributed by atoms with Crippen LogP contribution in [-0.2, 0) is 4.79 Å². The van der Waals surface area contributed by atoms with E-state index < -0.39 is 23.7 Å². The van der Waals surface area contributed by atoms with E-state index in [2.05, 4.69) is 5.32 Å². The van der Waals surface area contributed by atoms with Crippen molar-refractivity contribution in [2.45, 2.75) is 26.3 Å². The lowest BCUT2D eigenvalue weighted by Gasteiger charge is -2.21. The van der Waals surface area contributed by atoms with E-state index in [1.807, 2.05) is 0 Å². The molecule has 0 aromatic heterocycles. The van der Waals surface area contributed by atoms with Crippen LogP contribution in [0.4, 0.5) is 4.39 Å². The van der Waals surface area contributed by atoms with Crippen LogP contribution in [0.2, 0.25) is 10.0 Å². The molecule has 0 aliphatic rings. The summed E-state index contributed by atoms with van der Waals surface area (Å²) in [5, 5.41) is 11.2. The summed E-state index contributed by atoms with van der Waals surface area (Å²) in [5.74, 6) is -2.52. The first kappa shape index (κ1) is 16.7. The molecule has 0 fully saturated rings. The molecule has 20 heavy (non-hydrogen) atoms. The first-order valence-corrected chi connectivity index (χ1v) is 6.65. The molecule has 0 aliphatic carbocycles. The minimum absolute atomic E-state index is 0.00623. The maximum absolute atomic E-state index is 13.4. The van der Waals surface area contributed by atoms with Crippen molar-refractivity contribution in [1.82, 2.24) is 5.32 Å². The van der Waals surface area contributed by atoms with Crippen LogP contribution in [0.25, 0.3) is 0 Å². The molecule has 0 heterocycles. The average Bonchev–Trinajstić information content (AvgIpc) is 2.32. The third kappa shape index (κ3) is 4.35. The summed E-state index contributed by atoms with van der Waals surface area (Å²) in [6, 6.07) is 1.49. The van der Waals surface area contributed by atoms with Gasteiger partial charge in [0, 0.05) is 6.04 Å². The summed E-state index contributed by atoms with van der Waals surface area (Å²) in [7, 11) is 0. The standard InChI is InChI=1S/C13H14Cl2FNO3/c1-6(2)11(5-12(18)19)17-13(20)7-3-10(16)9(15)4-8(7)14/h3-4,6,11H,5H2,1-2H3,(H,17,20)(H,18,19). The number of carbonyl (C=O) groups excluding carboxylic acids is 1. The van der Waals surface area contributed by atoms with Gasteiger partial charge in [-0.05, 0) is 18.1 Å². The molecule has 1 aromatic rings. The molecule has 1 amide bonds. The lowest BCUT2D eigenvalue weighted by molar-refractivity contribution is -0.137. The first-order chi connectivity index (χ1) is 9.22. The maximum atomic E-state index is 13.4. The van der Waals surface area contributed by atoms with Gasteiger partial charge in [-0.15, -0.1) is 0 Å². The fourth-order valence-electron chi connectivity index (χ4n) is 1.58. The van der Waals surface area contributed by atoms with Gasteiger partial charge in [0.05, 0.1) is 22.0 Å². The van der Waals surface area contributed by atoms with Gasteiger partial charge in [0.2, 0.25) is 0 Å². The number of amides is 1. The Morgan fingerprint density at radius 2 is 1.90 bits per heavy atom. The maximum Gasteiger partial charge on any atom is 0.305 e. The molecule has 1 rings (SSSR count). The number of rotatable bonds is 5. The van der Waals surface area contributed by atoms with E-state index in [4.69, 9.17) is 28.3 Å². The molecule has 110 valence electrons. The molecule has 0 bridgehead atoms. The predicted octanol–water partition coefficient (Wildman–Crippen LogP) is 3.36. The van der Waals surface area contributed by atoms with Crippen molar-refractivity contribution in [2.24, 2.45) is 5.92 Å². The fourth-order valence-corrected chi connectivity index (χ4v) is 2.05. The zero-order chi connectivity index (χ0) is 15.4. The smallest absolute Gasteiger partial charge is 0.305 e. The largest absolute Gasteiger partial charge is 0.481 e. The van der Waals surface area contributed by atoms with Crippen molar-refractivity contribution in [3.05, 3.63) is 33.6 Å². The number of carbonyl (C=O) groups is 2. The highest BCUT2D eigenvalue weighted by Crippen LogP contribution is 2.24. The number of halogens is 3. The van der Waals surface area contributed by atoms with Gasteiger partial charge >= 0.3 is 5.97 Å². The second kappa shape index (κ2) is 6.90. The fraction of sp³-hybridized carbons (Fsp3) is 0.385. The SMILES string of the molecule is CC(C)C(CC(=O)O)NC(=O)c1cc(F)c(Cl)cc1Cl. The van der Waals surface area contributed by atoms with Gasteiger partial charge in [0.1, 0.15) is 5.82 Å². The van der Waals surface area contributed by atoms with Crippen LogP contribution in [-0.4, -0.2) is 23.0 Å². The molecule has 4 nitrogen and oxygen atoms in total. The molecule has 0 saturated carbocycles. The Hall–Kier alpha value is -1.33. The summed E-state index contributed by atoms with van der Waals surface area (Å²) in [6.07, 6.45) is -0.225. The van der Waals surface area contributed by atoms with Crippen LogP contribution in [0.15, 0.2) is 12.1 Å². The molecular weight excluding hydrogens is 308 g/mol. The summed E-state index contributed by atoms with van der Waals surface area (Å²) in [5.41, 5.74) is -0.0791. The predicted molar refractivity (Wildman–Crippen MR) is 74.8 cm³/mol. The van der Waals surface area contributed by atoms with Crippen molar-refractivity contribution in [3.63, 3.8) is 0 Å². The molecule has 7 heteroatoms. The summed E-state index contributed by atoms with van der Waals surface area (Å²) in [6.45, 7) is 3.55.